The lowest BCUT2D eigenvalue weighted by atomic mass is 10.2. The van der Waals surface area contributed by atoms with E-state index in [4.69, 9.17) is 5.73 Å². The van der Waals surface area contributed by atoms with Gasteiger partial charge in [-0.1, -0.05) is 50.3 Å². The average molecular weight is 250 g/mol. The molecule has 1 aromatic carbocycles. The fourth-order valence-electron chi connectivity index (χ4n) is 1.45. The lowest BCUT2D eigenvalue weighted by molar-refractivity contribution is 0.854. The van der Waals surface area contributed by atoms with Gasteiger partial charge in [-0.3, -0.25) is 0 Å². The smallest absolute Gasteiger partial charge is 0.0313 e. The highest BCUT2D eigenvalue weighted by Gasteiger charge is 1.93. The van der Waals surface area contributed by atoms with E-state index in [0.29, 0.717) is 0 Å². The number of nitrogens with one attached hydrogen (secondary N) is 1. The van der Waals surface area contributed by atoms with Gasteiger partial charge in [0, 0.05) is 21.3 Å². The van der Waals surface area contributed by atoms with Gasteiger partial charge in [0.25, 0.3) is 0 Å². The summed E-state index contributed by atoms with van der Waals surface area (Å²) in [5.41, 5.74) is 7.55. The molecule has 1 aliphatic rings. The summed E-state index contributed by atoms with van der Waals surface area (Å²) in [6.07, 6.45) is 10.1. The second-order valence-corrected chi connectivity index (χ2v) is 3.64. The van der Waals surface area contributed by atoms with Crippen LogP contribution >= 0.6 is 0 Å². The van der Waals surface area contributed by atoms with Crippen LogP contribution in [-0.2, 0) is 0 Å². The fraction of sp³-hybridized carbons (Fsp3) is 0.375. The lowest BCUT2D eigenvalue weighted by Crippen LogP contribution is -2.04. The molecule has 2 heteroatoms. The number of allylic oxidation sites excluding steroid dienone is 4. The maximum atomic E-state index is 5.36. The molecule has 0 aliphatic heterocycles. The van der Waals surface area contributed by atoms with Crippen molar-refractivity contribution in [2.45, 2.75) is 33.1 Å². The molecule has 0 bridgehead atoms. The summed E-state index contributed by atoms with van der Waals surface area (Å²) in [5, 5.41) is 3.16. The SMILES string of the molecule is CC.CNC1=CCC=CCC1.Nc1ccccc1.[HH].[HH]. The van der Waals surface area contributed by atoms with Crippen LogP contribution in [0.1, 0.15) is 36.0 Å². The standard InChI is InChI=1S/C8H13N.C6H7N.C2H6.2H2/c1-9-8-6-4-2-3-5-7-8;7-6-4-2-1-3-5-6;1-2;;/h2-3,6,9H,4-5,7H2,1H3;1-5H,7H2;1-2H3;2*1H. The molecule has 1 aromatic rings. The van der Waals surface area contributed by atoms with Crippen LogP contribution in [0.4, 0.5) is 5.69 Å². The summed E-state index contributed by atoms with van der Waals surface area (Å²) >= 11 is 0. The van der Waals surface area contributed by atoms with E-state index >= 15 is 0 Å². The van der Waals surface area contributed by atoms with Crippen molar-refractivity contribution in [2.24, 2.45) is 0 Å². The number of hydrogen-bond acceptors (Lipinski definition) is 2. The van der Waals surface area contributed by atoms with Crippen LogP contribution in [0.2, 0.25) is 0 Å². The first-order chi connectivity index (χ1) is 8.83. The average Bonchev–Trinajstić information content (AvgIpc) is 2.71. The van der Waals surface area contributed by atoms with Crippen molar-refractivity contribution in [3.8, 4) is 0 Å². The summed E-state index contributed by atoms with van der Waals surface area (Å²) in [6, 6.07) is 9.49. The molecule has 2 rings (SSSR count). The molecule has 3 N–H and O–H groups in total. The van der Waals surface area contributed by atoms with E-state index in [0.717, 1.165) is 12.1 Å². The topological polar surface area (TPSA) is 38.0 Å². The van der Waals surface area contributed by atoms with Crippen LogP contribution in [0.5, 0.6) is 0 Å². The van der Waals surface area contributed by atoms with Gasteiger partial charge in [-0.25, -0.2) is 0 Å². The summed E-state index contributed by atoms with van der Waals surface area (Å²) in [7, 11) is 1.98. The largest absolute Gasteiger partial charge is 0.399 e. The van der Waals surface area contributed by atoms with Gasteiger partial charge in [-0.2, -0.15) is 0 Å². The van der Waals surface area contributed by atoms with Crippen LogP contribution in [0.25, 0.3) is 0 Å². The molecule has 0 radical (unpaired) electrons. The van der Waals surface area contributed by atoms with Crippen molar-refractivity contribution in [2.75, 3.05) is 12.8 Å². The molecular formula is C16H30N2. The third kappa shape index (κ3) is 8.45. The van der Waals surface area contributed by atoms with E-state index in [9.17, 15) is 0 Å². The molecule has 0 saturated carbocycles. The first-order valence-corrected chi connectivity index (χ1v) is 6.65. The predicted octanol–water partition coefficient (Wildman–Crippen LogP) is 4.62. The number of anilines is 1. The predicted molar refractivity (Wildman–Crippen MR) is 86.6 cm³/mol. The van der Waals surface area contributed by atoms with Crippen molar-refractivity contribution in [1.82, 2.24) is 5.32 Å². The maximum absolute atomic E-state index is 5.36. The Kier molecular flexibility index (Phi) is 10.7. The minimum atomic E-state index is 0. The van der Waals surface area contributed by atoms with E-state index in [1.807, 2.05) is 51.2 Å². The second kappa shape index (κ2) is 11.8. The Morgan fingerprint density at radius 1 is 1.11 bits per heavy atom. The Balaban J connectivity index is -0.000000240. The number of nitrogens with two attached hydrogens (primary N) is 1. The molecule has 0 saturated heterocycles. The minimum Gasteiger partial charge on any atom is -0.399 e. The second-order valence-electron chi connectivity index (χ2n) is 3.64. The summed E-state index contributed by atoms with van der Waals surface area (Å²) < 4.78 is 0. The minimum absolute atomic E-state index is 0. The third-order valence-electron chi connectivity index (χ3n) is 2.37. The number of nitrogen functional groups attached to an aromatic ring is 1. The number of hydrogen-bond donors (Lipinski definition) is 2. The lowest BCUT2D eigenvalue weighted by Gasteiger charge is -2.00. The zero-order valence-electron chi connectivity index (χ0n) is 11.8. The zero-order valence-corrected chi connectivity index (χ0v) is 11.8. The molecular weight excluding hydrogens is 220 g/mol. The molecule has 0 unspecified atom stereocenters. The van der Waals surface area contributed by atoms with E-state index in [1.165, 1.54) is 18.5 Å². The highest BCUT2D eigenvalue weighted by Crippen LogP contribution is 2.07. The Hall–Kier alpha value is -1.70. The molecule has 104 valence electrons. The number of rotatable bonds is 1. The molecule has 0 heterocycles. The highest BCUT2D eigenvalue weighted by atomic mass is 14.8. The molecule has 1 aliphatic carbocycles. The van der Waals surface area contributed by atoms with Crippen LogP contribution < -0.4 is 11.1 Å². The van der Waals surface area contributed by atoms with E-state index < -0.39 is 0 Å². The molecule has 0 spiro atoms. The van der Waals surface area contributed by atoms with Gasteiger partial charge in [0.15, 0.2) is 0 Å². The van der Waals surface area contributed by atoms with Crippen molar-refractivity contribution >= 4 is 5.69 Å². The van der Waals surface area contributed by atoms with Gasteiger partial charge in [0.05, 0.1) is 0 Å². The third-order valence-corrected chi connectivity index (χ3v) is 2.37. The number of para-hydroxylation sites is 1. The zero-order chi connectivity index (χ0) is 13.6. The van der Waals surface area contributed by atoms with Crippen LogP contribution in [0.15, 0.2) is 54.3 Å². The van der Waals surface area contributed by atoms with Crippen LogP contribution in [0.3, 0.4) is 0 Å². The van der Waals surface area contributed by atoms with Crippen LogP contribution in [0, 0.1) is 0 Å². The van der Waals surface area contributed by atoms with Crippen molar-refractivity contribution in [1.29, 1.82) is 0 Å². The quantitative estimate of drug-likeness (QED) is 0.564. The van der Waals surface area contributed by atoms with Gasteiger partial charge in [-0.15, -0.1) is 0 Å². The first-order valence-electron chi connectivity index (χ1n) is 6.65. The molecule has 0 amide bonds. The first kappa shape index (κ1) is 16.3. The van der Waals surface area contributed by atoms with Crippen molar-refractivity contribution in [3.05, 3.63) is 54.3 Å². The Bertz CT molecular complexity index is 349. The van der Waals surface area contributed by atoms with Gasteiger partial charge >= 0.3 is 0 Å². The van der Waals surface area contributed by atoms with Gasteiger partial charge < -0.3 is 11.1 Å². The highest BCUT2D eigenvalue weighted by molar-refractivity contribution is 5.35. The van der Waals surface area contributed by atoms with Crippen molar-refractivity contribution in [3.63, 3.8) is 0 Å². The molecule has 0 atom stereocenters. The Labute approximate surface area is 115 Å². The maximum Gasteiger partial charge on any atom is 0.0313 e. The van der Waals surface area contributed by atoms with Gasteiger partial charge in [-0.05, 0) is 31.4 Å². The number of benzene rings is 1. The Morgan fingerprint density at radius 3 is 2.28 bits per heavy atom. The van der Waals surface area contributed by atoms with E-state index in [2.05, 4.69) is 23.5 Å². The molecule has 0 fully saturated rings. The normalized spacial score (nSPS) is 12.9. The van der Waals surface area contributed by atoms with E-state index in [1.54, 1.807) is 0 Å². The molecule has 0 aromatic heterocycles. The summed E-state index contributed by atoms with van der Waals surface area (Å²) in [5.74, 6) is 0. The summed E-state index contributed by atoms with van der Waals surface area (Å²) in [6.45, 7) is 4.00. The molecule has 2 nitrogen and oxygen atoms in total. The molecule has 18 heavy (non-hydrogen) atoms. The Morgan fingerprint density at radius 2 is 1.78 bits per heavy atom. The van der Waals surface area contributed by atoms with E-state index in [-0.39, 0.29) is 2.85 Å². The van der Waals surface area contributed by atoms with Crippen molar-refractivity contribution < 1.29 is 2.85 Å². The van der Waals surface area contributed by atoms with Crippen LogP contribution in [-0.4, -0.2) is 7.05 Å². The monoisotopic (exact) mass is 250 g/mol. The fourth-order valence-corrected chi connectivity index (χ4v) is 1.45. The van der Waals surface area contributed by atoms with Gasteiger partial charge in [0.1, 0.15) is 0 Å². The van der Waals surface area contributed by atoms with Gasteiger partial charge in [0.2, 0.25) is 0 Å². The summed E-state index contributed by atoms with van der Waals surface area (Å²) in [4.78, 5) is 0.